The molecule has 0 aliphatic rings. The molecule has 0 saturated carbocycles. The molecule has 0 spiro atoms. The third-order valence-corrected chi connectivity index (χ3v) is 3.98. The molecule has 2 rings (SSSR count). The van der Waals surface area contributed by atoms with Gasteiger partial charge in [-0.3, -0.25) is 0 Å². The Bertz CT molecular complexity index is 728. The van der Waals surface area contributed by atoms with Crippen molar-refractivity contribution in [3.05, 3.63) is 71.3 Å². The Hall–Kier alpha value is -2.22. The molecule has 0 N–H and O–H groups in total. The van der Waals surface area contributed by atoms with E-state index in [2.05, 4.69) is 79.3 Å². The molecule has 0 aliphatic carbocycles. The van der Waals surface area contributed by atoms with E-state index in [1.165, 1.54) is 5.56 Å². The first-order chi connectivity index (χ1) is 10.5. The molecule has 0 nitrogen and oxygen atoms in total. The zero-order valence-corrected chi connectivity index (χ0v) is 14.6. The summed E-state index contributed by atoms with van der Waals surface area (Å²) in [5.41, 5.74) is 6.85. The summed E-state index contributed by atoms with van der Waals surface area (Å²) in [6, 6.07) is 18.7. The van der Waals surface area contributed by atoms with Crippen LogP contribution in [0.5, 0.6) is 0 Å². The number of hydrogen-bond donors (Lipinski definition) is 0. The quantitative estimate of drug-likeness (QED) is 0.547. The van der Waals surface area contributed by atoms with Crippen LogP contribution in [0.2, 0.25) is 19.6 Å². The van der Waals surface area contributed by atoms with Crippen LogP contribution in [0.25, 0.3) is 0 Å². The summed E-state index contributed by atoms with van der Waals surface area (Å²) in [5.74, 6) is 9.89. The van der Waals surface area contributed by atoms with Crippen LogP contribution in [0.15, 0.2) is 54.6 Å². The molecule has 0 aromatic heterocycles. The zero-order chi connectivity index (χ0) is 15.8. The zero-order valence-electron chi connectivity index (χ0n) is 13.6. The van der Waals surface area contributed by atoms with Crippen LogP contribution >= 0.6 is 0 Å². The lowest BCUT2D eigenvalue weighted by atomic mass is 10.1. The highest BCUT2D eigenvalue weighted by molar-refractivity contribution is 6.83. The van der Waals surface area contributed by atoms with E-state index in [9.17, 15) is 0 Å². The molecule has 22 heavy (non-hydrogen) atoms. The van der Waals surface area contributed by atoms with E-state index in [4.69, 9.17) is 0 Å². The standard InChI is InChI=1S/C21H22Si/c1-22(2,3)18-17-21-16-10-9-15-20(21)14-8-7-13-19-11-5-4-6-12-19/h4-6,9-12,15-16H,7,13H2,1-3H3. The van der Waals surface area contributed by atoms with Crippen LogP contribution in [0, 0.1) is 23.3 Å². The molecule has 0 unspecified atom stereocenters. The summed E-state index contributed by atoms with van der Waals surface area (Å²) >= 11 is 0. The highest BCUT2D eigenvalue weighted by Gasteiger charge is 2.07. The van der Waals surface area contributed by atoms with Crippen molar-refractivity contribution in [1.82, 2.24) is 0 Å². The van der Waals surface area contributed by atoms with Crippen molar-refractivity contribution in [2.45, 2.75) is 32.5 Å². The van der Waals surface area contributed by atoms with Gasteiger partial charge in [0.15, 0.2) is 0 Å². The first-order valence-electron chi connectivity index (χ1n) is 7.70. The fourth-order valence-electron chi connectivity index (χ4n) is 1.97. The van der Waals surface area contributed by atoms with Gasteiger partial charge in [0.2, 0.25) is 0 Å². The van der Waals surface area contributed by atoms with E-state index in [-0.39, 0.29) is 0 Å². The highest BCUT2D eigenvalue weighted by Crippen LogP contribution is 2.07. The van der Waals surface area contributed by atoms with Gasteiger partial charge in [-0.15, -0.1) is 5.54 Å². The lowest BCUT2D eigenvalue weighted by molar-refractivity contribution is 1.03. The van der Waals surface area contributed by atoms with Crippen molar-refractivity contribution in [3.63, 3.8) is 0 Å². The fraction of sp³-hybridized carbons (Fsp3) is 0.238. The van der Waals surface area contributed by atoms with Crippen LogP contribution in [0.4, 0.5) is 0 Å². The second-order valence-corrected chi connectivity index (χ2v) is 11.1. The number of benzene rings is 2. The fourth-order valence-corrected chi connectivity index (χ4v) is 2.47. The average molecular weight is 302 g/mol. The van der Waals surface area contributed by atoms with Gasteiger partial charge in [0.25, 0.3) is 0 Å². The molecule has 2 aromatic carbocycles. The van der Waals surface area contributed by atoms with Crippen LogP contribution in [-0.4, -0.2) is 8.07 Å². The Labute approximate surface area is 135 Å². The molecular weight excluding hydrogens is 280 g/mol. The molecule has 0 saturated heterocycles. The minimum atomic E-state index is -1.35. The molecule has 0 aliphatic heterocycles. The SMILES string of the molecule is C[Si](C)(C)C#Cc1ccccc1C#CCCc1ccccc1. The monoisotopic (exact) mass is 302 g/mol. The summed E-state index contributed by atoms with van der Waals surface area (Å²) < 4.78 is 0. The minimum Gasteiger partial charge on any atom is -0.127 e. The van der Waals surface area contributed by atoms with Gasteiger partial charge in [-0.1, -0.05) is 79.9 Å². The van der Waals surface area contributed by atoms with Crippen molar-refractivity contribution in [1.29, 1.82) is 0 Å². The van der Waals surface area contributed by atoms with E-state index in [0.717, 1.165) is 24.0 Å². The third-order valence-electron chi connectivity index (χ3n) is 3.10. The van der Waals surface area contributed by atoms with E-state index < -0.39 is 8.07 Å². The number of aryl methyl sites for hydroxylation is 1. The maximum Gasteiger partial charge on any atom is 0.129 e. The van der Waals surface area contributed by atoms with Crippen molar-refractivity contribution in [2.75, 3.05) is 0 Å². The largest absolute Gasteiger partial charge is 0.129 e. The summed E-state index contributed by atoms with van der Waals surface area (Å²) in [7, 11) is -1.35. The molecular formula is C21H22Si. The number of rotatable bonds is 2. The van der Waals surface area contributed by atoms with E-state index in [1.54, 1.807) is 0 Å². The number of hydrogen-bond acceptors (Lipinski definition) is 0. The van der Waals surface area contributed by atoms with Gasteiger partial charge in [-0.25, -0.2) is 0 Å². The van der Waals surface area contributed by atoms with Crippen molar-refractivity contribution < 1.29 is 0 Å². The molecule has 110 valence electrons. The van der Waals surface area contributed by atoms with E-state index in [0.29, 0.717) is 0 Å². The lowest BCUT2D eigenvalue weighted by Gasteiger charge is -2.04. The van der Waals surface area contributed by atoms with Gasteiger partial charge in [-0.05, 0) is 24.1 Å². The van der Waals surface area contributed by atoms with Crippen LogP contribution in [0.1, 0.15) is 23.1 Å². The van der Waals surface area contributed by atoms with Crippen molar-refractivity contribution in [3.8, 4) is 23.3 Å². The molecule has 1 heteroatoms. The van der Waals surface area contributed by atoms with E-state index in [1.807, 2.05) is 18.2 Å². The topological polar surface area (TPSA) is 0 Å². The summed E-state index contributed by atoms with van der Waals surface area (Å²) in [5, 5.41) is 0. The van der Waals surface area contributed by atoms with Crippen molar-refractivity contribution in [2.24, 2.45) is 0 Å². The summed E-state index contributed by atoms with van der Waals surface area (Å²) in [6.45, 7) is 6.77. The van der Waals surface area contributed by atoms with Crippen LogP contribution in [0.3, 0.4) is 0 Å². The van der Waals surface area contributed by atoms with Gasteiger partial charge >= 0.3 is 0 Å². The van der Waals surface area contributed by atoms with Crippen molar-refractivity contribution >= 4 is 8.07 Å². The van der Waals surface area contributed by atoms with Gasteiger partial charge in [-0.2, -0.15) is 0 Å². The first-order valence-corrected chi connectivity index (χ1v) is 11.2. The Balaban J connectivity index is 2.07. The van der Waals surface area contributed by atoms with Gasteiger partial charge in [0.1, 0.15) is 8.07 Å². The predicted octanol–water partition coefficient (Wildman–Crippen LogP) is 4.90. The van der Waals surface area contributed by atoms with Crippen LogP contribution < -0.4 is 0 Å². The summed E-state index contributed by atoms with van der Waals surface area (Å²) in [4.78, 5) is 0. The Morgan fingerprint density at radius 3 is 2.00 bits per heavy atom. The second-order valence-electron chi connectivity index (χ2n) is 6.33. The predicted molar refractivity (Wildman–Crippen MR) is 98.3 cm³/mol. The second kappa shape index (κ2) is 7.69. The lowest BCUT2D eigenvalue weighted by Crippen LogP contribution is -2.16. The maximum atomic E-state index is 3.42. The van der Waals surface area contributed by atoms with Gasteiger partial charge in [0.05, 0.1) is 0 Å². The molecule has 2 aromatic rings. The third kappa shape index (κ3) is 5.64. The molecule has 0 heterocycles. The smallest absolute Gasteiger partial charge is 0.127 e. The highest BCUT2D eigenvalue weighted by atomic mass is 28.3. The Morgan fingerprint density at radius 2 is 1.36 bits per heavy atom. The van der Waals surface area contributed by atoms with Crippen LogP contribution in [-0.2, 0) is 6.42 Å². The van der Waals surface area contributed by atoms with E-state index >= 15 is 0 Å². The van der Waals surface area contributed by atoms with Gasteiger partial charge < -0.3 is 0 Å². The molecule has 0 bridgehead atoms. The minimum absolute atomic E-state index is 0.875. The summed E-state index contributed by atoms with van der Waals surface area (Å²) in [6.07, 6.45) is 1.87. The molecule has 0 amide bonds. The molecule has 0 radical (unpaired) electrons. The normalized spacial score (nSPS) is 10.1. The average Bonchev–Trinajstić information content (AvgIpc) is 2.51. The Morgan fingerprint density at radius 1 is 0.773 bits per heavy atom. The maximum absolute atomic E-state index is 3.42. The molecule has 0 fully saturated rings. The van der Waals surface area contributed by atoms with Gasteiger partial charge in [0, 0.05) is 17.5 Å². The first kappa shape index (κ1) is 16.2. The Kier molecular flexibility index (Phi) is 5.65. The molecule has 0 atom stereocenters.